The topological polar surface area (TPSA) is 75.6 Å². The monoisotopic (exact) mass is 313 g/mol. The number of halogens is 2. The van der Waals surface area contributed by atoms with Crippen molar-refractivity contribution in [3.63, 3.8) is 0 Å². The molecule has 2 rings (SSSR count). The van der Waals surface area contributed by atoms with Crippen molar-refractivity contribution in [1.82, 2.24) is 5.32 Å². The van der Waals surface area contributed by atoms with Crippen LogP contribution in [0, 0.1) is 5.92 Å². The molecule has 2 N–H and O–H groups in total. The van der Waals surface area contributed by atoms with Gasteiger partial charge in [-0.15, -0.1) is 0 Å². The molecule has 0 atom stereocenters. The number of amides is 1. The standard InChI is InChI=1S/C15H17F2NO4/c16-15(17)22-12-7-3-9(4-8-12)13(19)18-11-5-1-10(2-6-11)14(20)21/h3-4,7-8,10-11,15H,1-2,5-6H2,(H,18,19)(H,20,21). The van der Waals surface area contributed by atoms with E-state index in [2.05, 4.69) is 10.1 Å². The molecule has 0 aliphatic heterocycles. The first kappa shape index (κ1) is 16.2. The highest BCUT2D eigenvalue weighted by Gasteiger charge is 2.26. The highest BCUT2D eigenvalue weighted by molar-refractivity contribution is 5.94. The van der Waals surface area contributed by atoms with Crippen molar-refractivity contribution in [3.05, 3.63) is 29.8 Å². The van der Waals surface area contributed by atoms with Gasteiger partial charge >= 0.3 is 12.6 Å². The molecule has 22 heavy (non-hydrogen) atoms. The van der Waals surface area contributed by atoms with Crippen LogP contribution in [0.1, 0.15) is 36.0 Å². The number of alkyl halides is 2. The third kappa shape index (κ3) is 4.41. The summed E-state index contributed by atoms with van der Waals surface area (Å²) in [5, 5.41) is 11.8. The first-order valence-corrected chi connectivity index (χ1v) is 7.04. The van der Waals surface area contributed by atoms with Crippen LogP contribution in [0.4, 0.5) is 8.78 Å². The van der Waals surface area contributed by atoms with Gasteiger partial charge in [-0.05, 0) is 49.9 Å². The van der Waals surface area contributed by atoms with E-state index in [9.17, 15) is 18.4 Å². The summed E-state index contributed by atoms with van der Waals surface area (Å²) in [5.41, 5.74) is 0.349. The van der Waals surface area contributed by atoms with Gasteiger partial charge in [-0.3, -0.25) is 9.59 Å². The molecule has 1 aromatic carbocycles. The van der Waals surface area contributed by atoms with Crippen molar-refractivity contribution in [1.29, 1.82) is 0 Å². The predicted molar refractivity (Wildman–Crippen MR) is 73.9 cm³/mol. The quantitative estimate of drug-likeness (QED) is 0.876. The lowest BCUT2D eigenvalue weighted by atomic mass is 9.86. The van der Waals surface area contributed by atoms with Crippen LogP contribution in [-0.2, 0) is 4.79 Å². The van der Waals surface area contributed by atoms with Crippen LogP contribution in [0.5, 0.6) is 5.75 Å². The summed E-state index contributed by atoms with van der Waals surface area (Å²) in [6.07, 6.45) is 2.33. The molecule has 1 aliphatic carbocycles. The Morgan fingerprint density at radius 3 is 2.23 bits per heavy atom. The lowest BCUT2D eigenvalue weighted by Crippen LogP contribution is -2.38. The number of carbonyl (C=O) groups excluding carboxylic acids is 1. The molecule has 0 radical (unpaired) electrons. The van der Waals surface area contributed by atoms with Crippen LogP contribution in [-0.4, -0.2) is 29.6 Å². The molecule has 0 unspecified atom stereocenters. The molecular formula is C15H17F2NO4. The normalized spacial score (nSPS) is 21.4. The molecule has 1 amide bonds. The van der Waals surface area contributed by atoms with E-state index >= 15 is 0 Å². The van der Waals surface area contributed by atoms with Crippen molar-refractivity contribution >= 4 is 11.9 Å². The lowest BCUT2D eigenvalue weighted by molar-refractivity contribution is -0.142. The number of aliphatic carboxylic acids is 1. The fourth-order valence-corrected chi connectivity index (χ4v) is 2.54. The van der Waals surface area contributed by atoms with Crippen molar-refractivity contribution in [2.45, 2.75) is 38.3 Å². The summed E-state index contributed by atoms with van der Waals surface area (Å²) in [4.78, 5) is 22.9. The van der Waals surface area contributed by atoms with Crippen molar-refractivity contribution in [2.75, 3.05) is 0 Å². The molecule has 1 fully saturated rings. The molecule has 5 nitrogen and oxygen atoms in total. The summed E-state index contributed by atoms with van der Waals surface area (Å²) in [7, 11) is 0. The first-order valence-electron chi connectivity index (χ1n) is 7.04. The average molecular weight is 313 g/mol. The Kier molecular flexibility index (Phi) is 5.30. The molecular weight excluding hydrogens is 296 g/mol. The fraction of sp³-hybridized carbons (Fsp3) is 0.467. The Morgan fingerprint density at radius 1 is 1.14 bits per heavy atom. The lowest BCUT2D eigenvalue weighted by Gasteiger charge is -2.26. The van der Waals surface area contributed by atoms with Gasteiger partial charge in [0.2, 0.25) is 0 Å². The number of carboxylic acid groups (broad SMARTS) is 1. The molecule has 0 saturated heterocycles. The molecule has 1 saturated carbocycles. The summed E-state index contributed by atoms with van der Waals surface area (Å²) in [6, 6.07) is 5.39. The Labute approximate surface area is 126 Å². The molecule has 1 aromatic rings. The second-order valence-electron chi connectivity index (χ2n) is 5.26. The Hall–Kier alpha value is -2.18. The van der Waals surface area contributed by atoms with Gasteiger partial charge in [0.05, 0.1) is 5.92 Å². The minimum absolute atomic E-state index is 0.00600. The van der Waals surface area contributed by atoms with Crippen LogP contribution in [0.3, 0.4) is 0 Å². The van der Waals surface area contributed by atoms with Crippen LogP contribution in [0.15, 0.2) is 24.3 Å². The molecule has 0 spiro atoms. The van der Waals surface area contributed by atoms with E-state index < -0.39 is 12.6 Å². The van der Waals surface area contributed by atoms with E-state index in [-0.39, 0.29) is 23.6 Å². The van der Waals surface area contributed by atoms with Gasteiger partial charge in [0.25, 0.3) is 5.91 Å². The van der Waals surface area contributed by atoms with E-state index in [0.717, 1.165) is 0 Å². The number of benzene rings is 1. The molecule has 7 heteroatoms. The molecule has 120 valence electrons. The second-order valence-corrected chi connectivity index (χ2v) is 5.26. The van der Waals surface area contributed by atoms with Crippen LogP contribution >= 0.6 is 0 Å². The highest BCUT2D eigenvalue weighted by atomic mass is 19.3. The number of ether oxygens (including phenoxy) is 1. The predicted octanol–water partition coefficient (Wildman–Crippen LogP) is 2.66. The minimum atomic E-state index is -2.90. The first-order chi connectivity index (χ1) is 10.5. The van der Waals surface area contributed by atoms with E-state index in [1.165, 1.54) is 24.3 Å². The maximum Gasteiger partial charge on any atom is 0.387 e. The number of hydrogen-bond acceptors (Lipinski definition) is 3. The average Bonchev–Trinajstić information content (AvgIpc) is 2.48. The molecule has 1 aliphatic rings. The molecule has 0 bridgehead atoms. The number of rotatable bonds is 5. The van der Waals surface area contributed by atoms with Gasteiger partial charge in [-0.2, -0.15) is 8.78 Å². The summed E-state index contributed by atoms with van der Waals surface area (Å²) >= 11 is 0. The Bertz CT molecular complexity index is 525. The van der Waals surface area contributed by atoms with Crippen molar-refractivity contribution in [3.8, 4) is 5.75 Å². The van der Waals surface area contributed by atoms with Crippen LogP contribution in [0.2, 0.25) is 0 Å². The van der Waals surface area contributed by atoms with Gasteiger partial charge in [0, 0.05) is 11.6 Å². The number of hydrogen-bond donors (Lipinski definition) is 2. The van der Waals surface area contributed by atoms with Crippen molar-refractivity contribution < 1.29 is 28.2 Å². The zero-order valence-corrected chi connectivity index (χ0v) is 11.8. The zero-order chi connectivity index (χ0) is 16.1. The van der Waals surface area contributed by atoms with Crippen LogP contribution < -0.4 is 10.1 Å². The van der Waals surface area contributed by atoms with Crippen molar-refractivity contribution in [2.24, 2.45) is 5.92 Å². The summed E-state index contributed by atoms with van der Waals surface area (Å²) in [6.45, 7) is -2.90. The molecule has 0 aromatic heterocycles. The minimum Gasteiger partial charge on any atom is -0.481 e. The Morgan fingerprint density at radius 2 is 1.73 bits per heavy atom. The van der Waals surface area contributed by atoms with E-state index in [1.807, 2.05) is 0 Å². The maximum absolute atomic E-state index is 12.0. The van der Waals surface area contributed by atoms with E-state index in [4.69, 9.17) is 5.11 Å². The third-order valence-electron chi connectivity index (χ3n) is 3.75. The van der Waals surface area contributed by atoms with Gasteiger partial charge in [0.1, 0.15) is 5.75 Å². The number of carbonyl (C=O) groups is 2. The largest absolute Gasteiger partial charge is 0.481 e. The Balaban J connectivity index is 1.86. The van der Waals surface area contributed by atoms with Gasteiger partial charge in [-0.1, -0.05) is 0 Å². The summed E-state index contributed by atoms with van der Waals surface area (Å²) in [5.74, 6) is -1.44. The summed E-state index contributed by atoms with van der Waals surface area (Å²) < 4.78 is 28.3. The molecule has 0 heterocycles. The number of carboxylic acids is 1. The van der Waals surface area contributed by atoms with Crippen LogP contribution in [0.25, 0.3) is 0 Å². The fourth-order valence-electron chi connectivity index (χ4n) is 2.54. The second kappa shape index (κ2) is 7.20. The van der Waals surface area contributed by atoms with E-state index in [1.54, 1.807) is 0 Å². The van der Waals surface area contributed by atoms with Gasteiger partial charge < -0.3 is 15.2 Å². The third-order valence-corrected chi connectivity index (χ3v) is 3.75. The highest BCUT2D eigenvalue weighted by Crippen LogP contribution is 2.24. The SMILES string of the molecule is O=C(NC1CCC(C(=O)O)CC1)c1ccc(OC(F)F)cc1. The zero-order valence-electron chi connectivity index (χ0n) is 11.8. The van der Waals surface area contributed by atoms with Gasteiger partial charge in [0.15, 0.2) is 0 Å². The number of nitrogens with one attached hydrogen (secondary N) is 1. The maximum atomic E-state index is 12.0. The van der Waals surface area contributed by atoms with E-state index in [0.29, 0.717) is 31.2 Å². The smallest absolute Gasteiger partial charge is 0.387 e. The van der Waals surface area contributed by atoms with Gasteiger partial charge in [-0.25, -0.2) is 0 Å².